The van der Waals surface area contributed by atoms with Gasteiger partial charge in [-0.05, 0) is 23.8 Å². The van der Waals surface area contributed by atoms with Crippen LogP contribution in [0.25, 0.3) is 0 Å². The maximum atomic E-state index is 13.7. The minimum absolute atomic E-state index is 0.242. The summed E-state index contributed by atoms with van der Waals surface area (Å²) in [6.07, 6.45) is -0.958. The van der Waals surface area contributed by atoms with E-state index in [9.17, 15) is 9.50 Å². The van der Waals surface area contributed by atoms with Crippen molar-refractivity contribution >= 4 is 15.9 Å². The summed E-state index contributed by atoms with van der Waals surface area (Å²) < 4.78 is 14.6. The van der Waals surface area contributed by atoms with Gasteiger partial charge in [0.05, 0.1) is 6.10 Å². The van der Waals surface area contributed by atoms with E-state index in [1.54, 1.807) is 18.2 Å². The number of benzene rings is 2. The summed E-state index contributed by atoms with van der Waals surface area (Å²) in [6, 6.07) is 13.8. The predicted molar refractivity (Wildman–Crippen MR) is 77.3 cm³/mol. The number of hydrogen-bond donors (Lipinski definition) is 2. The summed E-state index contributed by atoms with van der Waals surface area (Å²) in [4.78, 5) is 0. The molecule has 0 aliphatic carbocycles. The van der Waals surface area contributed by atoms with E-state index in [-0.39, 0.29) is 18.0 Å². The number of halogens is 2. The summed E-state index contributed by atoms with van der Waals surface area (Å²) in [5, 5.41) is 10.4. The Morgan fingerprint density at radius 2 is 1.89 bits per heavy atom. The van der Waals surface area contributed by atoms with Gasteiger partial charge in [0.25, 0.3) is 0 Å². The van der Waals surface area contributed by atoms with Crippen LogP contribution in [0.15, 0.2) is 53.0 Å². The smallest absolute Gasteiger partial charge is 0.129 e. The lowest BCUT2D eigenvalue weighted by molar-refractivity contribution is 0.143. The van der Waals surface area contributed by atoms with E-state index in [4.69, 9.17) is 5.73 Å². The van der Waals surface area contributed by atoms with Crippen LogP contribution in [-0.2, 0) is 0 Å². The van der Waals surface area contributed by atoms with Crippen molar-refractivity contribution in [3.63, 3.8) is 0 Å². The molecule has 0 saturated carbocycles. The highest BCUT2D eigenvalue weighted by Crippen LogP contribution is 2.32. The molecule has 2 aromatic carbocycles. The standard InChI is InChI=1S/C15H15BrFNO/c16-11-5-3-4-10(8-11)13(9-18)15(19)12-6-1-2-7-14(12)17/h1-8,13,15,19H,9,18H2. The van der Waals surface area contributed by atoms with Crippen molar-refractivity contribution < 1.29 is 9.50 Å². The lowest BCUT2D eigenvalue weighted by Gasteiger charge is -2.22. The highest BCUT2D eigenvalue weighted by atomic mass is 79.9. The van der Waals surface area contributed by atoms with Gasteiger partial charge in [-0.3, -0.25) is 0 Å². The van der Waals surface area contributed by atoms with Crippen LogP contribution >= 0.6 is 15.9 Å². The van der Waals surface area contributed by atoms with Crippen molar-refractivity contribution in [3.05, 3.63) is 69.9 Å². The molecule has 3 N–H and O–H groups in total. The highest BCUT2D eigenvalue weighted by Gasteiger charge is 2.23. The first-order chi connectivity index (χ1) is 9.13. The summed E-state index contributed by atoms with van der Waals surface area (Å²) >= 11 is 3.38. The second kappa shape index (κ2) is 6.28. The van der Waals surface area contributed by atoms with Crippen LogP contribution in [0.5, 0.6) is 0 Å². The topological polar surface area (TPSA) is 46.2 Å². The second-order valence-corrected chi connectivity index (χ2v) is 5.28. The Hall–Kier alpha value is -1.23. The molecule has 0 bridgehead atoms. The van der Waals surface area contributed by atoms with Crippen LogP contribution in [0.2, 0.25) is 0 Å². The van der Waals surface area contributed by atoms with Crippen LogP contribution in [0.3, 0.4) is 0 Å². The minimum Gasteiger partial charge on any atom is -0.388 e. The Morgan fingerprint density at radius 1 is 1.16 bits per heavy atom. The van der Waals surface area contributed by atoms with Gasteiger partial charge in [0, 0.05) is 22.5 Å². The Labute approximate surface area is 120 Å². The van der Waals surface area contributed by atoms with Gasteiger partial charge in [-0.25, -0.2) is 4.39 Å². The molecule has 0 aliphatic rings. The van der Waals surface area contributed by atoms with Gasteiger partial charge in [-0.2, -0.15) is 0 Å². The van der Waals surface area contributed by atoms with Gasteiger partial charge in [0.15, 0.2) is 0 Å². The molecule has 4 heteroatoms. The van der Waals surface area contributed by atoms with Crippen molar-refractivity contribution in [2.24, 2.45) is 5.73 Å². The van der Waals surface area contributed by atoms with E-state index in [2.05, 4.69) is 15.9 Å². The largest absolute Gasteiger partial charge is 0.388 e. The molecule has 19 heavy (non-hydrogen) atoms. The van der Waals surface area contributed by atoms with Crippen molar-refractivity contribution in [1.29, 1.82) is 0 Å². The zero-order valence-electron chi connectivity index (χ0n) is 10.3. The predicted octanol–water partition coefficient (Wildman–Crippen LogP) is 3.36. The molecule has 100 valence electrons. The summed E-state index contributed by atoms with van der Waals surface area (Å²) in [7, 11) is 0. The van der Waals surface area contributed by atoms with E-state index in [0.29, 0.717) is 0 Å². The lowest BCUT2D eigenvalue weighted by atomic mass is 9.89. The number of aliphatic hydroxyl groups is 1. The van der Waals surface area contributed by atoms with Crippen molar-refractivity contribution in [1.82, 2.24) is 0 Å². The third-order valence-corrected chi connectivity index (χ3v) is 3.63. The van der Waals surface area contributed by atoms with Crippen LogP contribution in [0.1, 0.15) is 23.1 Å². The Morgan fingerprint density at radius 3 is 2.53 bits per heavy atom. The maximum absolute atomic E-state index is 13.7. The van der Waals surface area contributed by atoms with Crippen LogP contribution in [0.4, 0.5) is 4.39 Å². The number of nitrogens with two attached hydrogens (primary N) is 1. The highest BCUT2D eigenvalue weighted by molar-refractivity contribution is 9.10. The normalized spacial score (nSPS) is 14.1. The fraction of sp³-hybridized carbons (Fsp3) is 0.200. The molecule has 0 radical (unpaired) electrons. The van der Waals surface area contributed by atoms with Gasteiger partial charge < -0.3 is 10.8 Å². The summed E-state index contributed by atoms with van der Waals surface area (Å²) in [6.45, 7) is 0.242. The van der Waals surface area contributed by atoms with Crippen LogP contribution in [-0.4, -0.2) is 11.7 Å². The maximum Gasteiger partial charge on any atom is 0.129 e. The van der Waals surface area contributed by atoms with Crippen molar-refractivity contribution in [2.45, 2.75) is 12.0 Å². The average molecular weight is 324 g/mol. The fourth-order valence-electron chi connectivity index (χ4n) is 2.12. The molecule has 2 rings (SSSR count). The van der Waals surface area contributed by atoms with E-state index in [1.165, 1.54) is 6.07 Å². The SMILES string of the molecule is NCC(c1cccc(Br)c1)C(O)c1ccccc1F. The molecule has 0 amide bonds. The van der Waals surface area contributed by atoms with Gasteiger partial charge >= 0.3 is 0 Å². The van der Waals surface area contributed by atoms with Gasteiger partial charge in [0.2, 0.25) is 0 Å². The van der Waals surface area contributed by atoms with Gasteiger partial charge in [-0.15, -0.1) is 0 Å². The summed E-state index contributed by atoms with van der Waals surface area (Å²) in [5.41, 5.74) is 6.90. The number of rotatable bonds is 4. The van der Waals surface area contributed by atoms with E-state index in [0.717, 1.165) is 10.0 Å². The molecule has 2 unspecified atom stereocenters. The third kappa shape index (κ3) is 3.21. The van der Waals surface area contributed by atoms with E-state index in [1.807, 2.05) is 24.3 Å². The van der Waals surface area contributed by atoms with Crippen molar-refractivity contribution in [2.75, 3.05) is 6.54 Å². The van der Waals surface area contributed by atoms with Crippen molar-refractivity contribution in [3.8, 4) is 0 Å². The Kier molecular flexibility index (Phi) is 4.69. The Bertz CT molecular complexity index is 561. The molecule has 2 atom stereocenters. The first-order valence-electron chi connectivity index (χ1n) is 6.01. The molecule has 0 fully saturated rings. The van der Waals surface area contributed by atoms with E-state index >= 15 is 0 Å². The fourth-order valence-corrected chi connectivity index (χ4v) is 2.53. The molecule has 2 aromatic rings. The number of aliphatic hydroxyl groups excluding tert-OH is 1. The third-order valence-electron chi connectivity index (χ3n) is 3.14. The Balaban J connectivity index is 2.35. The molecule has 0 saturated heterocycles. The van der Waals surface area contributed by atoms with Crippen LogP contribution < -0.4 is 5.73 Å². The zero-order chi connectivity index (χ0) is 13.8. The minimum atomic E-state index is -0.958. The summed E-state index contributed by atoms with van der Waals surface area (Å²) in [5.74, 6) is -0.752. The zero-order valence-corrected chi connectivity index (χ0v) is 11.8. The molecular weight excluding hydrogens is 309 g/mol. The molecule has 0 aliphatic heterocycles. The number of hydrogen-bond acceptors (Lipinski definition) is 2. The van der Waals surface area contributed by atoms with Gasteiger partial charge in [0.1, 0.15) is 5.82 Å². The van der Waals surface area contributed by atoms with Crippen LogP contribution in [0, 0.1) is 5.82 Å². The first kappa shape index (κ1) is 14.2. The van der Waals surface area contributed by atoms with E-state index < -0.39 is 11.9 Å². The molecule has 0 heterocycles. The first-order valence-corrected chi connectivity index (χ1v) is 6.81. The lowest BCUT2D eigenvalue weighted by Crippen LogP contribution is -2.21. The quantitative estimate of drug-likeness (QED) is 0.906. The monoisotopic (exact) mass is 323 g/mol. The second-order valence-electron chi connectivity index (χ2n) is 4.36. The average Bonchev–Trinajstić information content (AvgIpc) is 2.40. The molecule has 0 aromatic heterocycles. The molecule has 0 spiro atoms. The molecular formula is C15H15BrFNO. The van der Waals surface area contributed by atoms with Gasteiger partial charge in [-0.1, -0.05) is 46.3 Å². The molecule has 2 nitrogen and oxygen atoms in total.